The molecular weight excluding hydrogens is 188 g/mol. The van der Waals surface area contributed by atoms with Gasteiger partial charge in [0.25, 0.3) is 11.1 Å². The van der Waals surface area contributed by atoms with Crippen molar-refractivity contribution in [2.75, 3.05) is 0 Å². The molecule has 2 rings (SSSR count). The van der Waals surface area contributed by atoms with E-state index >= 15 is 0 Å². The van der Waals surface area contributed by atoms with Gasteiger partial charge in [-0.25, -0.2) is 9.78 Å². The highest BCUT2D eigenvalue weighted by atomic mass is 16.2. The van der Waals surface area contributed by atoms with Crippen molar-refractivity contribution >= 4 is 11.0 Å². The molecule has 72 valence electrons. The van der Waals surface area contributed by atoms with Crippen molar-refractivity contribution < 1.29 is 0 Å². The number of rotatable bonds is 0. The summed E-state index contributed by atoms with van der Waals surface area (Å²) in [6.45, 7) is 1.55. The van der Waals surface area contributed by atoms with Crippen LogP contribution in [-0.2, 0) is 0 Å². The molecular formula is C7H6N4O3. The smallest absolute Gasteiger partial charge is 0.309 e. The zero-order valence-electron chi connectivity index (χ0n) is 7.17. The van der Waals surface area contributed by atoms with E-state index in [0.717, 1.165) is 0 Å². The van der Waals surface area contributed by atoms with Crippen molar-refractivity contribution in [3.8, 4) is 0 Å². The molecule has 14 heavy (non-hydrogen) atoms. The summed E-state index contributed by atoms with van der Waals surface area (Å²) in [5.41, 5.74) is -2.09. The van der Waals surface area contributed by atoms with E-state index in [1.54, 1.807) is 6.92 Å². The number of nitrogens with zero attached hydrogens (tertiary/aromatic N) is 1. The predicted octanol–water partition coefficient (Wildman–Crippen LogP) is -1.39. The maximum Gasteiger partial charge on any atom is 0.326 e. The Morgan fingerprint density at radius 1 is 1.00 bits per heavy atom. The minimum atomic E-state index is -0.723. The van der Waals surface area contributed by atoms with Crippen LogP contribution in [0.15, 0.2) is 14.4 Å². The van der Waals surface area contributed by atoms with Crippen LogP contribution < -0.4 is 16.8 Å². The van der Waals surface area contributed by atoms with E-state index in [1.807, 2.05) is 4.98 Å². The Morgan fingerprint density at radius 2 is 1.71 bits per heavy atom. The Labute approximate surface area is 75.8 Å². The second-order valence-corrected chi connectivity index (χ2v) is 2.78. The van der Waals surface area contributed by atoms with Crippen molar-refractivity contribution in [1.82, 2.24) is 19.9 Å². The van der Waals surface area contributed by atoms with Crippen LogP contribution >= 0.6 is 0 Å². The Balaban J connectivity index is 3.18. The molecule has 2 heterocycles. The van der Waals surface area contributed by atoms with E-state index in [0.29, 0.717) is 5.82 Å². The van der Waals surface area contributed by atoms with E-state index in [4.69, 9.17) is 0 Å². The minimum absolute atomic E-state index is 0.0640. The zero-order valence-corrected chi connectivity index (χ0v) is 7.17. The lowest BCUT2D eigenvalue weighted by Crippen LogP contribution is -2.27. The molecule has 7 nitrogen and oxygen atoms in total. The summed E-state index contributed by atoms with van der Waals surface area (Å²) in [5, 5.41) is 0. The lowest BCUT2D eigenvalue weighted by Gasteiger charge is -1.95. The van der Waals surface area contributed by atoms with Crippen molar-refractivity contribution in [2.24, 2.45) is 0 Å². The number of hydrogen-bond donors (Lipinski definition) is 3. The lowest BCUT2D eigenvalue weighted by molar-refractivity contribution is 0.998. The fourth-order valence-corrected chi connectivity index (χ4v) is 1.17. The third kappa shape index (κ3) is 1.15. The van der Waals surface area contributed by atoms with Crippen molar-refractivity contribution in [1.29, 1.82) is 0 Å². The first kappa shape index (κ1) is 8.42. The molecule has 0 unspecified atom stereocenters. The number of fused-ring (bicyclic) bond motifs is 1. The standard InChI is InChI=1S/C7H6N4O3/c1-2-8-3-4(5(12)9-2)10-7(14)11-6(3)13/h1H3,(H,8,9,12)(H2,10,11,13,14). The van der Waals surface area contributed by atoms with Crippen LogP contribution in [0.5, 0.6) is 0 Å². The normalized spacial score (nSPS) is 10.6. The Kier molecular flexibility index (Phi) is 1.60. The van der Waals surface area contributed by atoms with E-state index < -0.39 is 16.8 Å². The quantitative estimate of drug-likeness (QED) is 0.479. The van der Waals surface area contributed by atoms with Gasteiger partial charge in [0.15, 0.2) is 5.52 Å². The van der Waals surface area contributed by atoms with Gasteiger partial charge < -0.3 is 9.97 Å². The number of aryl methyl sites for hydroxylation is 1. The molecule has 0 fully saturated rings. The lowest BCUT2D eigenvalue weighted by atomic mass is 10.4. The molecule has 0 atom stereocenters. The van der Waals surface area contributed by atoms with Gasteiger partial charge in [0.2, 0.25) is 0 Å². The van der Waals surface area contributed by atoms with Gasteiger partial charge in [-0.15, -0.1) is 0 Å². The topological polar surface area (TPSA) is 111 Å². The van der Waals surface area contributed by atoms with Crippen molar-refractivity contribution in [3.05, 3.63) is 37.0 Å². The SMILES string of the molecule is Cc1nc2c(=O)[nH]c(=O)[nH]c2c(=O)[nH]1. The van der Waals surface area contributed by atoms with Crippen LogP contribution in [-0.4, -0.2) is 19.9 Å². The third-order valence-electron chi connectivity index (χ3n) is 1.72. The summed E-state index contributed by atoms with van der Waals surface area (Å²) in [7, 11) is 0. The van der Waals surface area contributed by atoms with Crippen LogP contribution in [0.1, 0.15) is 5.82 Å². The molecule has 2 aromatic rings. The Hall–Kier alpha value is -2.18. The first-order valence-electron chi connectivity index (χ1n) is 3.81. The van der Waals surface area contributed by atoms with Gasteiger partial charge in [0.1, 0.15) is 11.3 Å². The maximum absolute atomic E-state index is 11.3. The molecule has 0 saturated carbocycles. The van der Waals surface area contributed by atoms with E-state index in [1.165, 1.54) is 0 Å². The van der Waals surface area contributed by atoms with Crippen molar-refractivity contribution in [2.45, 2.75) is 6.92 Å². The zero-order chi connectivity index (χ0) is 10.3. The van der Waals surface area contributed by atoms with E-state index in [-0.39, 0.29) is 11.0 Å². The molecule has 7 heteroatoms. The Bertz CT molecular complexity index is 663. The summed E-state index contributed by atoms with van der Waals surface area (Å²) in [5.74, 6) is 0.319. The van der Waals surface area contributed by atoms with Gasteiger partial charge in [-0.2, -0.15) is 0 Å². The molecule has 0 saturated heterocycles. The van der Waals surface area contributed by atoms with Crippen LogP contribution in [0.25, 0.3) is 11.0 Å². The first-order chi connectivity index (χ1) is 6.58. The summed E-state index contributed by atoms with van der Waals surface area (Å²) in [6.07, 6.45) is 0. The molecule has 0 aliphatic rings. The molecule has 0 aliphatic heterocycles. The molecule has 0 spiro atoms. The molecule has 0 bridgehead atoms. The number of nitrogens with one attached hydrogen (secondary N) is 3. The average Bonchev–Trinajstić information content (AvgIpc) is 2.07. The van der Waals surface area contributed by atoms with Gasteiger partial charge in [-0.05, 0) is 6.92 Å². The predicted molar refractivity (Wildman–Crippen MR) is 48.3 cm³/mol. The van der Waals surface area contributed by atoms with Gasteiger partial charge in [-0.3, -0.25) is 14.6 Å². The monoisotopic (exact) mass is 194 g/mol. The van der Waals surface area contributed by atoms with Crippen LogP contribution in [0.2, 0.25) is 0 Å². The third-order valence-corrected chi connectivity index (χ3v) is 1.72. The highest BCUT2D eigenvalue weighted by molar-refractivity contribution is 5.70. The summed E-state index contributed by atoms with van der Waals surface area (Å²) >= 11 is 0. The second kappa shape index (κ2) is 2.66. The molecule has 3 N–H and O–H groups in total. The Morgan fingerprint density at radius 3 is 2.43 bits per heavy atom. The average molecular weight is 194 g/mol. The van der Waals surface area contributed by atoms with Gasteiger partial charge >= 0.3 is 5.69 Å². The highest BCUT2D eigenvalue weighted by Crippen LogP contribution is 1.92. The largest absolute Gasteiger partial charge is 0.326 e. The van der Waals surface area contributed by atoms with Crippen molar-refractivity contribution in [3.63, 3.8) is 0 Å². The fourth-order valence-electron chi connectivity index (χ4n) is 1.17. The number of hydrogen-bond acceptors (Lipinski definition) is 4. The number of H-pyrrole nitrogens is 3. The second-order valence-electron chi connectivity index (χ2n) is 2.78. The van der Waals surface area contributed by atoms with Gasteiger partial charge in [0.05, 0.1) is 0 Å². The maximum atomic E-state index is 11.3. The van der Waals surface area contributed by atoms with Crippen LogP contribution in [0.3, 0.4) is 0 Å². The summed E-state index contributed by atoms with van der Waals surface area (Å²) in [6, 6.07) is 0. The molecule has 2 aromatic heterocycles. The fraction of sp³-hybridized carbons (Fsp3) is 0.143. The molecule has 0 radical (unpaired) electrons. The summed E-state index contributed by atoms with van der Waals surface area (Å²) < 4.78 is 0. The van der Waals surface area contributed by atoms with E-state index in [9.17, 15) is 14.4 Å². The van der Waals surface area contributed by atoms with Crippen LogP contribution in [0.4, 0.5) is 0 Å². The number of aromatic nitrogens is 4. The van der Waals surface area contributed by atoms with Crippen LogP contribution in [0, 0.1) is 6.92 Å². The first-order valence-corrected chi connectivity index (χ1v) is 3.81. The van der Waals surface area contributed by atoms with Gasteiger partial charge in [-0.1, -0.05) is 0 Å². The molecule has 0 aromatic carbocycles. The molecule has 0 amide bonds. The minimum Gasteiger partial charge on any atom is -0.309 e. The highest BCUT2D eigenvalue weighted by Gasteiger charge is 2.05. The molecule has 0 aliphatic carbocycles. The number of aromatic amines is 3. The van der Waals surface area contributed by atoms with E-state index in [2.05, 4.69) is 15.0 Å². The van der Waals surface area contributed by atoms with Gasteiger partial charge in [0, 0.05) is 0 Å². The summed E-state index contributed by atoms with van der Waals surface area (Å²) in [4.78, 5) is 43.7.